The highest BCUT2D eigenvalue weighted by molar-refractivity contribution is 7.99. The summed E-state index contributed by atoms with van der Waals surface area (Å²) in [4.78, 5) is 4.26. The maximum Gasteiger partial charge on any atom is 0.185 e. The molecule has 1 heterocycles. The molecule has 1 N–H and O–H groups in total. The zero-order valence-electron chi connectivity index (χ0n) is 10.7. The van der Waals surface area contributed by atoms with Crippen molar-refractivity contribution in [2.24, 2.45) is 13.0 Å². The largest absolute Gasteiger partial charge is 0.313 e. The minimum absolute atomic E-state index is 0.629. The minimum atomic E-state index is 0.629. The van der Waals surface area contributed by atoms with Gasteiger partial charge in [0.2, 0.25) is 0 Å². The van der Waals surface area contributed by atoms with Gasteiger partial charge in [0.05, 0.1) is 0 Å². The van der Waals surface area contributed by atoms with E-state index in [1.54, 1.807) is 6.33 Å². The summed E-state index contributed by atoms with van der Waals surface area (Å²) in [5, 5.41) is 8.75. The number of nitrogens with one attached hydrogen (secondary N) is 1. The van der Waals surface area contributed by atoms with Gasteiger partial charge in [0.15, 0.2) is 5.16 Å². The molecule has 1 aromatic heterocycles. The van der Waals surface area contributed by atoms with Gasteiger partial charge in [-0.15, -0.1) is 0 Å². The van der Waals surface area contributed by atoms with Crippen LogP contribution in [-0.2, 0) is 7.05 Å². The van der Waals surface area contributed by atoms with Crippen molar-refractivity contribution in [2.45, 2.75) is 43.8 Å². The second-order valence-corrected chi connectivity index (χ2v) is 5.67. The lowest BCUT2D eigenvalue weighted by atomic mass is 10.00. The number of aromatic nitrogens is 3. The van der Waals surface area contributed by atoms with E-state index >= 15 is 0 Å². The molecule has 96 valence electrons. The highest BCUT2D eigenvalue weighted by Gasteiger charge is 2.24. The van der Waals surface area contributed by atoms with Gasteiger partial charge in [0.25, 0.3) is 0 Å². The molecular formula is C12H22N4S. The number of nitrogens with zero attached hydrogens (tertiary/aromatic N) is 3. The van der Waals surface area contributed by atoms with Crippen LogP contribution in [0.15, 0.2) is 11.5 Å². The van der Waals surface area contributed by atoms with E-state index in [4.69, 9.17) is 0 Å². The van der Waals surface area contributed by atoms with Crippen molar-refractivity contribution in [2.75, 3.05) is 12.3 Å². The summed E-state index contributed by atoms with van der Waals surface area (Å²) < 4.78 is 1.85. The Morgan fingerprint density at radius 3 is 2.88 bits per heavy atom. The van der Waals surface area contributed by atoms with Crippen LogP contribution < -0.4 is 5.32 Å². The van der Waals surface area contributed by atoms with Crippen molar-refractivity contribution in [1.29, 1.82) is 0 Å². The average Bonchev–Trinajstić information content (AvgIpc) is 2.96. The fourth-order valence-corrected chi connectivity index (χ4v) is 3.64. The lowest BCUT2D eigenvalue weighted by molar-refractivity contribution is 0.394. The fourth-order valence-electron chi connectivity index (χ4n) is 2.56. The third kappa shape index (κ3) is 3.45. The number of hydrogen-bond donors (Lipinski definition) is 1. The second kappa shape index (κ2) is 6.40. The maximum atomic E-state index is 4.26. The normalized spacial score (nSPS) is 18.7. The molecule has 17 heavy (non-hydrogen) atoms. The topological polar surface area (TPSA) is 42.7 Å². The first-order chi connectivity index (χ1) is 8.31. The molecule has 1 aromatic rings. The van der Waals surface area contributed by atoms with Crippen LogP contribution in [0.5, 0.6) is 0 Å². The van der Waals surface area contributed by atoms with E-state index in [1.165, 1.54) is 25.7 Å². The minimum Gasteiger partial charge on any atom is -0.313 e. The molecule has 0 bridgehead atoms. The van der Waals surface area contributed by atoms with Crippen LogP contribution in [0.1, 0.15) is 32.6 Å². The number of aryl methyl sites for hydroxylation is 1. The van der Waals surface area contributed by atoms with Crippen LogP contribution in [0.2, 0.25) is 0 Å². The predicted octanol–water partition coefficient (Wildman–Crippen LogP) is 2.08. The van der Waals surface area contributed by atoms with Gasteiger partial charge in [-0.25, -0.2) is 9.67 Å². The van der Waals surface area contributed by atoms with E-state index in [2.05, 4.69) is 22.3 Å². The second-order valence-electron chi connectivity index (χ2n) is 4.69. The lowest BCUT2D eigenvalue weighted by Gasteiger charge is -2.23. The zero-order valence-corrected chi connectivity index (χ0v) is 11.5. The molecule has 0 saturated heterocycles. The van der Waals surface area contributed by atoms with E-state index in [0.29, 0.717) is 6.04 Å². The van der Waals surface area contributed by atoms with Gasteiger partial charge in [0.1, 0.15) is 6.33 Å². The van der Waals surface area contributed by atoms with Gasteiger partial charge in [-0.1, -0.05) is 31.5 Å². The summed E-state index contributed by atoms with van der Waals surface area (Å²) in [7, 11) is 1.95. The predicted molar refractivity (Wildman–Crippen MR) is 71.1 cm³/mol. The Balaban J connectivity index is 1.86. The van der Waals surface area contributed by atoms with E-state index in [1.807, 2.05) is 23.5 Å². The molecule has 1 aliphatic rings. The zero-order chi connectivity index (χ0) is 12.1. The Labute approximate surface area is 108 Å². The van der Waals surface area contributed by atoms with E-state index < -0.39 is 0 Å². The van der Waals surface area contributed by atoms with Gasteiger partial charge in [-0.2, -0.15) is 5.10 Å². The van der Waals surface area contributed by atoms with Gasteiger partial charge in [-0.3, -0.25) is 0 Å². The Morgan fingerprint density at radius 2 is 2.29 bits per heavy atom. The van der Waals surface area contributed by atoms with Crippen molar-refractivity contribution in [3.8, 4) is 0 Å². The Hall–Kier alpha value is -0.550. The van der Waals surface area contributed by atoms with E-state index in [9.17, 15) is 0 Å². The van der Waals surface area contributed by atoms with Crippen molar-refractivity contribution < 1.29 is 0 Å². The number of rotatable bonds is 6. The van der Waals surface area contributed by atoms with Gasteiger partial charge in [-0.05, 0) is 25.3 Å². The Bertz CT molecular complexity index is 333. The maximum absolute atomic E-state index is 4.26. The van der Waals surface area contributed by atoms with Crippen molar-refractivity contribution >= 4 is 11.8 Å². The van der Waals surface area contributed by atoms with Crippen molar-refractivity contribution in [3.05, 3.63) is 6.33 Å². The molecule has 1 aliphatic carbocycles. The summed E-state index contributed by atoms with van der Waals surface area (Å²) in [5.74, 6) is 1.96. The summed E-state index contributed by atoms with van der Waals surface area (Å²) in [6.45, 7) is 3.25. The summed E-state index contributed by atoms with van der Waals surface area (Å²) in [5.41, 5.74) is 0. The highest BCUT2D eigenvalue weighted by Crippen LogP contribution is 2.30. The standard InChI is InChI=1S/C12H22N4S/c1-3-13-11(10-6-4-5-7-10)8-17-12-14-9-15-16(12)2/h9-11,13H,3-8H2,1-2H3. The SMILES string of the molecule is CCNC(CSc1ncnn1C)C1CCCC1. The van der Waals surface area contributed by atoms with Crippen LogP contribution in [-0.4, -0.2) is 33.1 Å². The van der Waals surface area contributed by atoms with Crippen LogP contribution in [0.4, 0.5) is 0 Å². The number of hydrogen-bond acceptors (Lipinski definition) is 4. The molecule has 1 atom stereocenters. The molecule has 0 spiro atoms. The molecular weight excluding hydrogens is 232 g/mol. The monoisotopic (exact) mass is 254 g/mol. The third-order valence-corrected chi connectivity index (χ3v) is 4.65. The molecule has 1 saturated carbocycles. The smallest absolute Gasteiger partial charge is 0.185 e. The first-order valence-electron chi connectivity index (χ1n) is 6.51. The van der Waals surface area contributed by atoms with Gasteiger partial charge < -0.3 is 5.32 Å². The molecule has 5 heteroatoms. The average molecular weight is 254 g/mol. The summed E-state index contributed by atoms with van der Waals surface area (Å²) in [6.07, 6.45) is 7.20. The Kier molecular flexibility index (Phi) is 4.86. The first-order valence-corrected chi connectivity index (χ1v) is 7.50. The summed E-state index contributed by atoms with van der Waals surface area (Å²) in [6, 6.07) is 0.629. The number of thioether (sulfide) groups is 1. The van der Waals surface area contributed by atoms with Crippen LogP contribution in [0.25, 0.3) is 0 Å². The lowest BCUT2D eigenvalue weighted by Crippen LogP contribution is -2.37. The van der Waals surface area contributed by atoms with E-state index in [-0.39, 0.29) is 0 Å². The van der Waals surface area contributed by atoms with Gasteiger partial charge >= 0.3 is 0 Å². The first kappa shape index (κ1) is 12.9. The quantitative estimate of drug-likeness (QED) is 0.789. The molecule has 2 rings (SSSR count). The molecule has 0 aliphatic heterocycles. The molecule has 0 radical (unpaired) electrons. The molecule has 0 aromatic carbocycles. The molecule has 1 fully saturated rings. The van der Waals surface area contributed by atoms with Crippen LogP contribution >= 0.6 is 11.8 Å². The Morgan fingerprint density at radius 1 is 1.53 bits per heavy atom. The molecule has 1 unspecified atom stereocenters. The summed E-state index contributed by atoms with van der Waals surface area (Å²) >= 11 is 1.82. The van der Waals surface area contributed by atoms with Gasteiger partial charge in [0, 0.05) is 18.8 Å². The van der Waals surface area contributed by atoms with Crippen molar-refractivity contribution in [3.63, 3.8) is 0 Å². The van der Waals surface area contributed by atoms with E-state index in [0.717, 1.165) is 23.4 Å². The molecule has 0 amide bonds. The van der Waals surface area contributed by atoms with Crippen LogP contribution in [0, 0.1) is 5.92 Å². The van der Waals surface area contributed by atoms with Crippen molar-refractivity contribution in [1.82, 2.24) is 20.1 Å². The third-order valence-electron chi connectivity index (χ3n) is 3.50. The highest BCUT2D eigenvalue weighted by atomic mass is 32.2. The van der Waals surface area contributed by atoms with Crippen LogP contribution in [0.3, 0.4) is 0 Å². The fraction of sp³-hybridized carbons (Fsp3) is 0.833. The molecule has 4 nitrogen and oxygen atoms in total.